The first-order valence-electron chi connectivity index (χ1n) is 19.1. The van der Waals surface area contributed by atoms with Crippen LogP contribution < -0.4 is 5.19 Å². The van der Waals surface area contributed by atoms with Gasteiger partial charge in [-0.15, -0.1) is 53.6 Å². The minimum atomic E-state index is -1.28. The van der Waals surface area contributed by atoms with Gasteiger partial charge in [0.05, 0.1) is 30.5 Å². The quantitative estimate of drug-likeness (QED) is 0.128. The van der Waals surface area contributed by atoms with E-state index in [9.17, 15) is 0 Å². The van der Waals surface area contributed by atoms with Crippen LogP contribution in [-0.4, -0.2) is 22.6 Å². The van der Waals surface area contributed by atoms with Gasteiger partial charge in [0.1, 0.15) is 5.58 Å². The van der Waals surface area contributed by atoms with Gasteiger partial charge >= 0.3 is 0 Å². The number of pyridine rings is 1. The van der Waals surface area contributed by atoms with Crippen molar-refractivity contribution in [3.05, 3.63) is 181 Å². The molecular formula is C51H41IrN3OSi-2. The van der Waals surface area contributed by atoms with Gasteiger partial charge in [-0.25, -0.2) is 0 Å². The van der Waals surface area contributed by atoms with E-state index >= 15 is 0 Å². The fourth-order valence-corrected chi connectivity index (χ4v) is 9.41. The van der Waals surface area contributed by atoms with E-state index in [1.807, 2.05) is 36.4 Å². The first-order valence-corrected chi connectivity index (χ1v) is 22.6. The standard InChI is InChI=1S/C35H21N2O.C16H20NSi.Ir/c1-2-10-23(11-3-1)25-21-20-24-12-8-18-31(29(24)22-25)37-32-17-6-5-16-30(32)36-35(37)28-15-9-14-27-26-13-4-7-19-33(26)38-34(27)28;1-12-6-8-14(9-7-12)15-10-13(2)16(11-17-15)18(3,4)5;/h1-14,16-22H;6-8,10-11H,1-5H3;/q2*-1;. The van der Waals surface area contributed by atoms with E-state index < -0.39 is 8.07 Å². The predicted molar refractivity (Wildman–Crippen MR) is 237 cm³/mol. The average molecular weight is 932 g/mol. The van der Waals surface area contributed by atoms with Gasteiger partial charge < -0.3 is 14.0 Å². The zero-order valence-corrected chi connectivity index (χ0v) is 36.0. The number of hydrogen-bond acceptors (Lipinski definition) is 3. The van der Waals surface area contributed by atoms with Crippen LogP contribution in [0.15, 0.2) is 162 Å². The molecule has 0 unspecified atom stereocenters. The minimum absolute atomic E-state index is 0. The average Bonchev–Trinajstić information content (AvgIpc) is 3.80. The molecule has 0 spiro atoms. The van der Waals surface area contributed by atoms with Gasteiger partial charge in [0.25, 0.3) is 0 Å². The molecule has 57 heavy (non-hydrogen) atoms. The maximum atomic E-state index is 6.40. The van der Waals surface area contributed by atoms with Crippen molar-refractivity contribution in [3.63, 3.8) is 0 Å². The fraction of sp³-hybridized carbons (Fsp3) is 0.0980. The van der Waals surface area contributed by atoms with Gasteiger partial charge in [0.2, 0.25) is 0 Å². The summed E-state index contributed by atoms with van der Waals surface area (Å²) in [5.41, 5.74) is 12.6. The van der Waals surface area contributed by atoms with Crippen molar-refractivity contribution in [1.29, 1.82) is 0 Å². The molecule has 0 fully saturated rings. The molecule has 0 amide bonds. The van der Waals surface area contributed by atoms with Crippen LogP contribution in [0.1, 0.15) is 11.1 Å². The summed E-state index contributed by atoms with van der Waals surface area (Å²) in [6, 6.07) is 59.3. The molecule has 0 aliphatic carbocycles. The second-order valence-corrected chi connectivity index (χ2v) is 20.5. The summed E-state index contributed by atoms with van der Waals surface area (Å²) in [5, 5.41) is 5.94. The molecule has 0 atom stereocenters. The molecule has 6 heteroatoms. The summed E-state index contributed by atoms with van der Waals surface area (Å²) < 4.78 is 8.66. The van der Waals surface area contributed by atoms with Crippen LogP contribution in [0.3, 0.4) is 0 Å². The molecule has 281 valence electrons. The molecular weight excluding hydrogens is 891 g/mol. The molecule has 10 aromatic rings. The van der Waals surface area contributed by atoms with Crippen molar-refractivity contribution >= 4 is 57.0 Å². The van der Waals surface area contributed by atoms with E-state index in [0.717, 1.165) is 66.7 Å². The smallest absolute Gasteiger partial charge is 0.120 e. The summed E-state index contributed by atoms with van der Waals surface area (Å²) in [4.78, 5) is 9.75. The Morgan fingerprint density at radius 2 is 1.46 bits per heavy atom. The Labute approximate surface area is 348 Å². The summed E-state index contributed by atoms with van der Waals surface area (Å²) >= 11 is 0. The Balaban J connectivity index is 0.000000203. The molecule has 0 aliphatic rings. The zero-order chi connectivity index (χ0) is 38.4. The Morgan fingerprint density at radius 3 is 2.25 bits per heavy atom. The largest absolute Gasteiger partial charge is 0.501 e. The van der Waals surface area contributed by atoms with E-state index in [1.165, 1.54) is 32.8 Å². The number of hydrogen-bond donors (Lipinski definition) is 0. The summed E-state index contributed by atoms with van der Waals surface area (Å²) in [5.74, 6) is 0.813. The number of imidazole rings is 1. The molecule has 0 saturated carbocycles. The maximum Gasteiger partial charge on any atom is 0.120 e. The van der Waals surface area contributed by atoms with Crippen LogP contribution in [0.2, 0.25) is 19.6 Å². The van der Waals surface area contributed by atoms with E-state index in [0.29, 0.717) is 0 Å². The molecule has 3 aromatic heterocycles. The van der Waals surface area contributed by atoms with Crippen molar-refractivity contribution in [3.8, 4) is 39.5 Å². The zero-order valence-electron chi connectivity index (χ0n) is 32.6. The third kappa shape index (κ3) is 7.28. The van der Waals surface area contributed by atoms with E-state index in [1.54, 1.807) is 0 Å². The summed E-state index contributed by atoms with van der Waals surface area (Å²) in [7, 11) is -1.28. The second kappa shape index (κ2) is 15.6. The van der Waals surface area contributed by atoms with E-state index in [4.69, 9.17) is 9.40 Å². The Bertz CT molecular complexity index is 3030. The Kier molecular flexibility index (Phi) is 10.4. The SMILES string of the molecule is Cc1c[c-]c(-c2cc(C)c([Si](C)(C)C)cn2)cc1.[Ir].[c-]1ccc2c(oc3ccccc32)c1-c1nc2ccccc2n1-c1cccc2ccc(-c3ccccc3)cc12. The monoisotopic (exact) mass is 932 g/mol. The Morgan fingerprint density at radius 1 is 0.667 bits per heavy atom. The first-order chi connectivity index (χ1) is 27.2. The minimum Gasteiger partial charge on any atom is -0.501 e. The van der Waals surface area contributed by atoms with Crippen molar-refractivity contribution < 1.29 is 24.5 Å². The number of benzene rings is 7. The number of fused-ring (bicyclic) bond motifs is 5. The molecule has 7 aromatic carbocycles. The number of rotatable bonds is 5. The van der Waals surface area contributed by atoms with Crippen molar-refractivity contribution in [2.75, 3.05) is 0 Å². The molecule has 10 rings (SSSR count). The number of para-hydroxylation sites is 3. The third-order valence-corrected chi connectivity index (χ3v) is 12.6. The van der Waals surface area contributed by atoms with Gasteiger partial charge in [-0.2, -0.15) is 0 Å². The molecule has 3 heterocycles. The summed E-state index contributed by atoms with van der Waals surface area (Å²) in [6.45, 7) is 11.3. The number of aromatic nitrogens is 3. The fourth-order valence-electron chi connectivity index (χ4n) is 7.71. The van der Waals surface area contributed by atoms with Crippen molar-refractivity contribution in [2.45, 2.75) is 33.5 Å². The van der Waals surface area contributed by atoms with Crippen LogP contribution in [-0.2, 0) is 20.1 Å². The topological polar surface area (TPSA) is 43.9 Å². The van der Waals surface area contributed by atoms with Crippen molar-refractivity contribution in [1.82, 2.24) is 14.5 Å². The molecule has 0 N–H and O–H groups in total. The van der Waals surface area contributed by atoms with Gasteiger partial charge in [-0.1, -0.05) is 134 Å². The molecule has 0 bridgehead atoms. The van der Waals surface area contributed by atoms with E-state index in [-0.39, 0.29) is 20.1 Å². The van der Waals surface area contributed by atoms with E-state index in [2.05, 4.69) is 177 Å². The number of furan rings is 1. The van der Waals surface area contributed by atoms with Crippen LogP contribution in [0.25, 0.3) is 83.2 Å². The second-order valence-electron chi connectivity index (χ2n) is 15.4. The molecule has 0 aliphatic heterocycles. The van der Waals surface area contributed by atoms with Gasteiger partial charge in [0, 0.05) is 42.8 Å². The van der Waals surface area contributed by atoms with Gasteiger partial charge in [0.15, 0.2) is 0 Å². The number of nitrogens with zero attached hydrogens (tertiary/aromatic N) is 3. The van der Waals surface area contributed by atoms with Gasteiger partial charge in [-0.3, -0.25) is 4.98 Å². The van der Waals surface area contributed by atoms with Crippen LogP contribution in [0.4, 0.5) is 0 Å². The molecule has 1 radical (unpaired) electrons. The predicted octanol–water partition coefficient (Wildman–Crippen LogP) is 12.9. The van der Waals surface area contributed by atoms with Crippen molar-refractivity contribution in [2.24, 2.45) is 0 Å². The Hall–Kier alpha value is -5.91. The first kappa shape index (κ1) is 38.0. The maximum absolute atomic E-state index is 6.40. The van der Waals surface area contributed by atoms with Crippen LogP contribution in [0.5, 0.6) is 0 Å². The summed E-state index contributed by atoms with van der Waals surface area (Å²) in [6.07, 6.45) is 2.06. The van der Waals surface area contributed by atoms with Gasteiger partial charge in [-0.05, 0) is 64.6 Å². The third-order valence-electron chi connectivity index (χ3n) is 10.5. The number of aryl methyl sites for hydroxylation is 2. The van der Waals surface area contributed by atoms with Crippen LogP contribution in [0, 0.1) is 26.0 Å². The molecule has 0 saturated heterocycles. The molecule has 4 nitrogen and oxygen atoms in total. The van der Waals surface area contributed by atoms with Crippen LogP contribution >= 0.6 is 0 Å². The normalized spacial score (nSPS) is 11.5.